The van der Waals surface area contributed by atoms with Gasteiger partial charge in [0.25, 0.3) is 0 Å². The first kappa shape index (κ1) is 12.2. The van der Waals surface area contributed by atoms with Gasteiger partial charge in [0, 0.05) is 19.3 Å². The molecule has 1 N–H and O–H groups in total. The first-order chi connectivity index (χ1) is 8.86. The van der Waals surface area contributed by atoms with Gasteiger partial charge >= 0.3 is 0 Å². The molecule has 2 saturated heterocycles. The maximum atomic E-state index is 5.49. The Morgan fingerprint density at radius 1 is 1.28 bits per heavy atom. The second-order valence-corrected chi connectivity index (χ2v) is 5.56. The predicted octanol–water partition coefficient (Wildman–Crippen LogP) is 2.42. The molecule has 100 valence electrons. The molecule has 4 nitrogen and oxygen atoms in total. The molecule has 0 radical (unpaired) electrons. The van der Waals surface area contributed by atoms with Crippen molar-refractivity contribution in [3.8, 4) is 0 Å². The number of rotatable bonds is 2. The summed E-state index contributed by atoms with van der Waals surface area (Å²) in [6.07, 6.45) is 8.25. The van der Waals surface area contributed by atoms with Crippen molar-refractivity contribution in [3.63, 3.8) is 0 Å². The predicted molar refractivity (Wildman–Crippen MR) is 70.5 cm³/mol. The van der Waals surface area contributed by atoms with Gasteiger partial charge < -0.3 is 4.74 Å². The lowest BCUT2D eigenvalue weighted by molar-refractivity contribution is 0.00303. The molecular formula is C14H23N3O. The van der Waals surface area contributed by atoms with Crippen molar-refractivity contribution < 1.29 is 4.74 Å². The highest BCUT2D eigenvalue weighted by molar-refractivity contribution is 5.19. The molecule has 0 spiro atoms. The SMILES string of the molecule is Cc1cn[nH]c1[C@H]1CCCCN1C1CCOCC1. The molecule has 0 aromatic carbocycles. The van der Waals surface area contributed by atoms with Crippen LogP contribution in [0.5, 0.6) is 0 Å². The molecule has 3 heterocycles. The van der Waals surface area contributed by atoms with Crippen LogP contribution in [-0.4, -0.2) is 40.9 Å². The van der Waals surface area contributed by atoms with Crippen molar-refractivity contribution in [2.45, 2.75) is 51.1 Å². The standard InChI is InChI=1S/C14H23N3O/c1-11-10-15-16-14(11)13-4-2-3-7-17(13)12-5-8-18-9-6-12/h10,12-13H,2-9H2,1H3,(H,15,16)/t13-/m1/s1. The van der Waals surface area contributed by atoms with Crippen LogP contribution in [0.15, 0.2) is 6.20 Å². The van der Waals surface area contributed by atoms with E-state index >= 15 is 0 Å². The summed E-state index contributed by atoms with van der Waals surface area (Å²) in [5, 5.41) is 7.42. The number of likely N-dealkylation sites (tertiary alicyclic amines) is 1. The van der Waals surface area contributed by atoms with Crippen LogP contribution in [-0.2, 0) is 4.74 Å². The molecule has 0 saturated carbocycles. The van der Waals surface area contributed by atoms with E-state index in [1.165, 1.54) is 49.9 Å². The summed E-state index contributed by atoms with van der Waals surface area (Å²) < 4.78 is 5.49. The Bertz CT molecular complexity index is 384. The van der Waals surface area contributed by atoms with Gasteiger partial charge in [-0.25, -0.2) is 0 Å². The zero-order valence-electron chi connectivity index (χ0n) is 11.2. The van der Waals surface area contributed by atoms with E-state index in [4.69, 9.17) is 4.74 Å². The average molecular weight is 249 g/mol. The molecule has 18 heavy (non-hydrogen) atoms. The third kappa shape index (κ3) is 2.31. The van der Waals surface area contributed by atoms with Gasteiger partial charge in [0.15, 0.2) is 0 Å². The molecule has 0 amide bonds. The fourth-order valence-corrected chi connectivity index (χ4v) is 3.41. The number of H-pyrrole nitrogens is 1. The Hall–Kier alpha value is -0.870. The summed E-state index contributed by atoms with van der Waals surface area (Å²) in [5.41, 5.74) is 2.64. The lowest BCUT2D eigenvalue weighted by Gasteiger charge is -2.42. The van der Waals surface area contributed by atoms with Crippen molar-refractivity contribution in [1.29, 1.82) is 0 Å². The second kappa shape index (κ2) is 5.41. The molecule has 2 aliphatic rings. The summed E-state index contributed by atoms with van der Waals surface area (Å²) in [4.78, 5) is 2.70. The van der Waals surface area contributed by atoms with Gasteiger partial charge in [-0.15, -0.1) is 0 Å². The Morgan fingerprint density at radius 2 is 2.11 bits per heavy atom. The van der Waals surface area contributed by atoms with Crippen molar-refractivity contribution in [2.75, 3.05) is 19.8 Å². The molecule has 1 atom stereocenters. The molecule has 2 fully saturated rings. The number of ether oxygens (including phenoxy) is 1. The Kier molecular flexibility index (Phi) is 3.66. The Labute approximate surface area is 109 Å². The molecule has 0 aliphatic carbocycles. The summed E-state index contributed by atoms with van der Waals surface area (Å²) in [6, 6.07) is 1.25. The lowest BCUT2D eigenvalue weighted by atomic mass is 9.93. The number of aromatic amines is 1. The van der Waals surface area contributed by atoms with Crippen molar-refractivity contribution in [1.82, 2.24) is 15.1 Å². The van der Waals surface area contributed by atoms with Crippen LogP contribution in [0.3, 0.4) is 0 Å². The van der Waals surface area contributed by atoms with E-state index in [2.05, 4.69) is 22.0 Å². The summed E-state index contributed by atoms with van der Waals surface area (Å²) in [5.74, 6) is 0. The van der Waals surface area contributed by atoms with Gasteiger partial charge in [-0.05, 0) is 44.7 Å². The van der Waals surface area contributed by atoms with Gasteiger partial charge in [0.1, 0.15) is 0 Å². The van der Waals surface area contributed by atoms with Crippen LogP contribution >= 0.6 is 0 Å². The second-order valence-electron chi connectivity index (χ2n) is 5.56. The monoisotopic (exact) mass is 249 g/mol. The zero-order valence-corrected chi connectivity index (χ0v) is 11.2. The first-order valence-electron chi connectivity index (χ1n) is 7.19. The molecular weight excluding hydrogens is 226 g/mol. The molecule has 0 bridgehead atoms. The van der Waals surface area contributed by atoms with E-state index in [1.807, 2.05) is 6.20 Å². The zero-order chi connectivity index (χ0) is 12.4. The number of nitrogens with one attached hydrogen (secondary N) is 1. The molecule has 4 heteroatoms. The van der Waals surface area contributed by atoms with Gasteiger partial charge in [0.2, 0.25) is 0 Å². The first-order valence-corrected chi connectivity index (χ1v) is 7.19. The fourth-order valence-electron chi connectivity index (χ4n) is 3.41. The quantitative estimate of drug-likeness (QED) is 0.875. The van der Waals surface area contributed by atoms with E-state index in [1.54, 1.807) is 0 Å². The lowest BCUT2D eigenvalue weighted by Crippen LogP contribution is -2.44. The number of hydrogen-bond donors (Lipinski definition) is 1. The third-order valence-corrected chi connectivity index (χ3v) is 4.41. The molecule has 2 aliphatic heterocycles. The highest BCUT2D eigenvalue weighted by atomic mass is 16.5. The number of nitrogens with zero attached hydrogens (tertiary/aromatic N) is 2. The molecule has 0 unspecified atom stereocenters. The van der Waals surface area contributed by atoms with Crippen LogP contribution in [0.25, 0.3) is 0 Å². The average Bonchev–Trinajstić information content (AvgIpc) is 2.86. The van der Waals surface area contributed by atoms with Crippen LogP contribution in [0.2, 0.25) is 0 Å². The highest BCUT2D eigenvalue weighted by Gasteiger charge is 2.32. The number of hydrogen-bond acceptors (Lipinski definition) is 3. The van der Waals surface area contributed by atoms with E-state index in [0.29, 0.717) is 12.1 Å². The minimum atomic E-state index is 0.546. The number of aromatic nitrogens is 2. The van der Waals surface area contributed by atoms with E-state index in [-0.39, 0.29) is 0 Å². The maximum absolute atomic E-state index is 5.49. The van der Waals surface area contributed by atoms with Gasteiger partial charge in [-0.2, -0.15) is 5.10 Å². The minimum Gasteiger partial charge on any atom is -0.381 e. The fraction of sp³-hybridized carbons (Fsp3) is 0.786. The Morgan fingerprint density at radius 3 is 2.83 bits per heavy atom. The van der Waals surface area contributed by atoms with Crippen molar-refractivity contribution in [3.05, 3.63) is 17.5 Å². The van der Waals surface area contributed by atoms with Crippen molar-refractivity contribution >= 4 is 0 Å². The number of piperidine rings is 1. The van der Waals surface area contributed by atoms with Crippen molar-refractivity contribution in [2.24, 2.45) is 0 Å². The van der Waals surface area contributed by atoms with E-state index < -0.39 is 0 Å². The third-order valence-electron chi connectivity index (χ3n) is 4.41. The minimum absolute atomic E-state index is 0.546. The molecule has 1 aromatic heterocycles. The smallest absolute Gasteiger partial charge is 0.0553 e. The van der Waals surface area contributed by atoms with Crippen LogP contribution in [0.4, 0.5) is 0 Å². The topological polar surface area (TPSA) is 41.2 Å². The summed E-state index contributed by atoms with van der Waals surface area (Å²) in [7, 11) is 0. The molecule has 1 aromatic rings. The normalized spacial score (nSPS) is 27.5. The highest BCUT2D eigenvalue weighted by Crippen LogP contribution is 2.35. The van der Waals surface area contributed by atoms with Crippen LogP contribution in [0.1, 0.15) is 49.4 Å². The summed E-state index contributed by atoms with van der Waals surface area (Å²) >= 11 is 0. The largest absolute Gasteiger partial charge is 0.381 e. The van der Waals surface area contributed by atoms with Gasteiger partial charge in [-0.1, -0.05) is 6.42 Å². The van der Waals surface area contributed by atoms with Gasteiger partial charge in [-0.3, -0.25) is 10.00 Å². The van der Waals surface area contributed by atoms with Crippen LogP contribution in [0, 0.1) is 6.92 Å². The Balaban J connectivity index is 1.79. The van der Waals surface area contributed by atoms with E-state index in [0.717, 1.165) is 13.2 Å². The van der Waals surface area contributed by atoms with Crippen LogP contribution < -0.4 is 0 Å². The van der Waals surface area contributed by atoms with E-state index in [9.17, 15) is 0 Å². The molecule has 3 rings (SSSR count). The summed E-state index contributed by atoms with van der Waals surface area (Å²) in [6.45, 7) is 5.25. The maximum Gasteiger partial charge on any atom is 0.0553 e. The van der Waals surface area contributed by atoms with Gasteiger partial charge in [0.05, 0.1) is 17.9 Å². The number of aryl methyl sites for hydroxylation is 1.